The molecule has 9 heteroatoms. The number of nitrogens with two attached hydrogens (primary N) is 1. The van der Waals surface area contributed by atoms with E-state index >= 15 is 0 Å². The minimum absolute atomic E-state index is 0.0638. The summed E-state index contributed by atoms with van der Waals surface area (Å²) in [5, 5.41) is 3.07. The number of carbonyl (C=O) groups is 3. The summed E-state index contributed by atoms with van der Waals surface area (Å²) in [6.45, 7) is 3.24. The highest BCUT2D eigenvalue weighted by molar-refractivity contribution is 8.00. The fourth-order valence-corrected chi connectivity index (χ4v) is 2.98. The summed E-state index contributed by atoms with van der Waals surface area (Å²) >= 11 is 7.09. The number of hydrogen-bond donors (Lipinski definition) is 2. The van der Waals surface area contributed by atoms with Crippen molar-refractivity contribution in [3.05, 3.63) is 46.2 Å². The van der Waals surface area contributed by atoms with Crippen molar-refractivity contribution in [2.75, 3.05) is 17.7 Å². The SMILES string of the molecule is CCOC(=O)c1c(C)oc(NC(=O)CSc2ccc(Cl)cc2)c1C(N)=O. The molecule has 0 aliphatic rings. The molecule has 138 valence electrons. The monoisotopic (exact) mass is 396 g/mol. The van der Waals surface area contributed by atoms with Gasteiger partial charge >= 0.3 is 5.97 Å². The first-order valence-electron chi connectivity index (χ1n) is 7.62. The summed E-state index contributed by atoms with van der Waals surface area (Å²) in [6, 6.07) is 7.00. The van der Waals surface area contributed by atoms with E-state index in [4.69, 9.17) is 26.5 Å². The number of hydrogen-bond acceptors (Lipinski definition) is 6. The molecule has 2 aromatic rings. The van der Waals surface area contributed by atoms with Gasteiger partial charge in [0.2, 0.25) is 11.8 Å². The molecule has 1 heterocycles. The van der Waals surface area contributed by atoms with Crippen LogP contribution in [0, 0.1) is 6.92 Å². The Bertz CT molecular complexity index is 832. The van der Waals surface area contributed by atoms with Crippen LogP contribution >= 0.6 is 23.4 Å². The van der Waals surface area contributed by atoms with Crippen molar-refractivity contribution in [2.24, 2.45) is 5.73 Å². The number of rotatable bonds is 7. The lowest BCUT2D eigenvalue weighted by molar-refractivity contribution is -0.113. The van der Waals surface area contributed by atoms with Gasteiger partial charge in [0.25, 0.3) is 5.91 Å². The van der Waals surface area contributed by atoms with E-state index in [0.29, 0.717) is 5.02 Å². The van der Waals surface area contributed by atoms with Crippen molar-refractivity contribution in [3.63, 3.8) is 0 Å². The second-order valence-corrected chi connectivity index (χ2v) is 6.60. The Morgan fingerprint density at radius 2 is 1.88 bits per heavy atom. The van der Waals surface area contributed by atoms with Crippen LogP contribution in [0.3, 0.4) is 0 Å². The number of halogens is 1. The highest BCUT2D eigenvalue weighted by Gasteiger charge is 2.29. The number of aryl methyl sites for hydroxylation is 1. The van der Waals surface area contributed by atoms with Gasteiger partial charge in [0.15, 0.2) is 0 Å². The minimum Gasteiger partial charge on any atom is -0.462 e. The summed E-state index contributed by atoms with van der Waals surface area (Å²) in [5.41, 5.74) is 5.06. The number of esters is 1. The highest BCUT2D eigenvalue weighted by atomic mass is 35.5. The molecule has 2 rings (SSSR count). The maximum atomic E-state index is 12.2. The molecule has 2 amide bonds. The molecule has 0 aliphatic carbocycles. The third-order valence-corrected chi connectivity index (χ3v) is 4.51. The van der Waals surface area contributed by atoms with Crippen molar-refractivity contribution in [1.82, 2.24) is 0 Å². The van der Waals surface area contributed by atoms with Crippen LogP contribution in [-0.4, -0.2) is 30.1 Å². The number of amides is 2. The number of benzene rings is 1. The van der Waals surface area contributed by atoms with Gasteiger partial charge in [-0.2, -0.15) is 0 Å². The van der Waals surface area contributed by atoms with Gasteiger partial charge < -0.3 is 14.9 Å². The lowest BCUT2D eigenvalue weighted by atomic mass is 10.1. The van der Waals surface area contributed by atoms with E-state index in [2.05, 4.69) is 5.32 Å². The van der Waals surface area contributed by atoms with Crippen LogP contribution in [0.5, 0.6) is 0 Å². The fraction of sp³-hybridized carbons (Fsp3) is 0.235. The molecule has 0 saturated carbocycles. The van der Waals surface area contributed by atoms with Crippen molar-refractivity contribution < 1.29 is 23.5 Å². The zero-order valence-corrected chi connectivity index (χ0v) is 15.7. The molecule has 0 atom stereocenters. The molecule has 0 radical (unpaired) electrons. The molecule has 26 heavy (non-hydrogen) atoms. The van der Waals surface area contributed by atoms with Crippen LogP contribution in [0.15, 0.2) is 33.6 Å². The third-order valence-electron chi connectivity index (χ3n) is 3.25. The van der Waals surface area contributed by atoms with Crippen LogP contribution < -0.4 is 11.1 Å². The third kappa shape index (κ3) is 4.80. The topological polar surface area (TPSA) is 112 Å². The number of primary amides is 1. The van der Waals surface area contributed by atoms with Crippen LogP contribution in [0.25, 0.3) is 0 Å². The molecule has 0 bridgehead atoms. The van der Waals surface area contributed by atoms with E-state index in [1.807, 2.05) is 0 Å². The Labute approximate surface area is 159 Å². The first-order chi connectivity index (χ1) is 12.3. The molecule has 0 saturated heterocycles. The molecule has 0 fully saturated rings. The van der Waals surface area contributed by atoms with Crippen molar-refractivity contribution in [1.29, 1.82) is 0 Å². The van der Waals surface area contributed by atoms with E-state index in [1.165, 1.54) is 18.7 Å². The number of nitrogens with one attached hydrogen (secondary N) is 1. The second-order valence-electron chi connectivity index (χ2n) is 5.11. The summed E-state index contributed by atoms with van der Waals surface area (Å²) in [7, 11) is 0. The van der Waals surface area contributed by atoms with Gasteiger partial charge in [-0.1, -0.05) is 11.6 Å². The van der Waals surface area contributed by atoms with E-state index in [9.17, 15) is 14.4 Å². The standard InChI is InChI=1S/C17H17ClN2O5S/c1-3-24-17(23)13-9(2)25-16(14(13)15(19)22)20-12(21)8-26-11-6-4-10(18)5-7-11/h4-7H,3,8H2,1-2H3,(H2,19,22)(H,20,21). The molecule has 1 aromatic heterocycles. The Morgan fingerprint density at radius 1 is 1.23 bits per heavy atom. The van der Waals surface area contributed by atoms with Crippen LogP contribution in [-0.2, 0) is 9.53 Å². The number of furan rings is 1. The van der Waals surface area contributed by atoms with Crippen molar-refractivity contribution >= 4 is 47.0 Å². The predicted octanol–water partition coefficient (Wildman–Crippen LogP) is 3.25. The van der Waals surface area contributed by atoms with Gasteiger partial charge in [0.1, 0.15) is 16.9 Å². The van der Waals surface area contributed by atoms with Gasteiger partial charge in [-0.15, -0.1) is 11.8 Å². The van der Waals surface area contributed by atoms with Gasteiger partial charge in [-0.25, -0.2) is 4.79 Å². The van der Waals surface area contributed by atoms with E-state index in [1.54, 1.807) is 31.2 Å². The Balaban J connectivity index is 2.14. The Kier molecular flexibility index (Phi) is 6.70. The molecule has 0 unspecified atom stereocenters. The fourth-order valence-electron chi connectivity index (χ4n) is 2.16. The molecular weight excluding hydrogens is 380 g/mol. The van der Waals surface area contributed by atoms with E-state index < -0.39 is 17.8 Å². The first-order valence-corrected chi connectivity index (χ1v) is 8.98. The van der Waals surface area contributed by atoms with Crippen LogP contribution in [0.1, 0.15) is 33.4 Å². The highest BCUT2D eigenvalue weighted by Crippen LogP contribution is 2.28. The normalized spacial score (nSPS) is 10.4. The number of carbonyl (C=O) groups excluding carboxylic acids is 3. The Hall–Kier alpha value is -2.45. The number of anilines is 1. The molecule has 0 aliphatic heterocycles. The molecule has 7 nitrogen and oxygen atoms in total. The van der Waals surface area contributed by atoms with Gasteiger partial charge in [-0.3, -0.25) is 14.9 Å². The molecule has 1 aromatic carbocycles. The molecule has 0 spiro atoms. The zero-order chi connectivity index (χ0) is 19.3. The molecule has 3 N–H and O–H groups in total. The Morgan fingerprint density at radius 3 is 2.46 bits per heavy atom. The van der Waals surface area contributed by atoms with E-state index in [-0.39, 0.29) is 35.1 Å². The maximum Gasteiger partial charge on any atom is 0.342 e. The van der Waals surface area contributed by atoms with Gasteiger partial charge in [0.05, 0.1) is 12.4 Å². The van der Waals surface area contributed by atoms with E-state index in [0.717, 1.165) is 4.90 Å². The quantitative estimate of drug-likeness (QED) is 0.548. The smallest absolute Gasteiger partial charge is 0.342 e. The lowest BCUT2D eigenvalue weighted by Crippen LogP contribution is -2.21. The zero-order valence-electron chi connectivity index (χ0n) is 14.1. The number of thioether (sulfide) groups is 1. The average Bonchev–Trinajstić information content (AvgIpc) is 2.90. The van der Waals surface area contributed by atoms with Gasteiger partial charge in [-0.05, 0) is 38.1 Å². The number of ether oxygens (including phenoxy) is 1. The predicted molar refractivity (Wildman–Crippen MR) is 98.7 cm³/mol. The summed E-state index contributed by atoms with van der Waals surface area (Å²) in [4.78, 5) is 36.8. The van der Waals surface area contributed by atoms with Crippen LogP contribution in [0.4, 0.5) is 5.88 Å². The lowest BCUT2D eigenvalue weighted by Gasteiger charge is -2.05. The van der Waals surface area contributed by atoms with Crippen molar-refractivity contribution in [2.45, 2.75) is 18.7 Å². The minimum atomic E-state index is -0.898. The average molecular weight is 397 g/mol. The van der Waals surface area contributed by atoms with Gasteiger partial charge in [0, 0.05) is 9.92 Å². The van der Waals surface area contributed by atoms with Crippen LogP contribution in [0.2, 0.25) is 5.02 Å². The summed E-state index contributed by atoms with van der Waals surface area (Å²) < 4.78 is 10.3. The second kappa shape index (κ2) is 8.77. The maximum absolute atomic E-state index is 12.2. The summed E-state index contributed by atoms with van der Waals surface area (Å²) in [6.07, 6.45) is 0. The van der Waals surface area contributed by atoms with Crippen molar-refractivity contribution in [3.8, 4) is 0 Å². The summed E-state index contributed by atoms with van der Waals surface area (Å²) in [5.74, 6) is -2.02. The molecular formula is C17H17ClN2O5S. The first kappa shape index (κ1) is 19.9. The largest absolute Gasteiger partial charge is 0.462 e.